The number of carbonyl (C=O) groups excluding carboxylic acids is 2. The van der Waals surface area contributed by atoms with Gasteiger partial charge in [-0.05, 0) is 12.3 Å². The smallest absolute Gasteiger partial charge is 0.305 e. The highest BCUT2D eigenvalue weighted by atomic mass is 16.5. The van der Waals surface area contributed by atoms with Crippen LogP contribution in [0.5, 0.6) is 0 Å². The molecule has 0 fully saturated rings. The molecule has 0 saturated carbocycles. The molecule has 0 atom stereocenters. The quantitative estimate of drug-likeness (QED) is 0.678. The molecular formula is C11H22O4. The first-order valence-corrected chi connectivity index (χ1v) is 5.14. The zero-order chi connectivity index (χ0) is 12.3. The third kappa shape index (κ3) is 19.4. The van der Waals surface area contributed by atoms with Crippen LogP contribution in [0.1, 0.15) is 40.5 Å². The van der Waals surface area contributed by atoms with Gasteiger partial charge in [0.25, 0.3) is 0 Å². The molecule has 0 unspecified atom stereocenters. The van der Waals surface area contributed by atoms with Gasteiger partial charge in [-0.2, -0.15) is 0 Å². The second-order valence-corrected chi connectivity index (χ2v) is 3.52. The molecule has 0 aliphatic carbocycles. The number of hydrogen-bond acceptors (Lipinski definition) is 4. The van der Waals surface area contributed by atoms with Gasteiger partial charge in [-0.1, -0.05) is 20.8 Å². The molecule has 0 aliphatic heterocycles. The normalized spacial score (nSPS) is 8.93. The lowest BCUT2D eigenvalue weighted by atomic mass is 10.2. The molecule has 0 saturated heterocycles. The van der Waals surface area contributed by atoms with Gasteiger partial charge in [0.15, 0.2) is 0 Å². The van der Waals surface area contributed by atoms with Crippen LogP contribution in [0, 0.1) is 5.92 Å². The summed E-state index contributed by atoms with van der Waals surface area (Å²) in [4.78, 5) is 20.3. The van der Waals surface area contributed by atoms with Crippen molar-refractivity contribution in [2.45, 2.75) is 40.5 Å². The highest BCUT2D eigenvalue weighted by molar-refractivity contribution is 5.68. The van der Waals surface area contributed by atoms with Crippen LogP contribution in [0.3, 0.4) is 0 Å². The lowest BCUT2D eigenvalue weighted by Gasteiger charge is -2.02. The summed E-state index contributed by atoms with van der Waals surface area (Å²) >= 11 is 0. The maximum Gasteiger partial charge on any atom is 0.305 e. The largest absolute Gasteiger partial charge is 0.469 e. The number of ether oxygens (including phenoxy) is 2. The van der Waals surface area contributed by atoms with Gasteiger partial charge in [0, 0.05) is 13.3 Å². The third-order valence-corrected chi connectivity index (χ3v) is 1.30. The Labute approximate surface area is 91.9 Å². The van der Waals surface area contributed by atoms with Gasteiger partial charge < -0.3 is 9.47 Å². The molecule has 0 heterocycles. The average molecular weight is 218 g/mol. The second-order valence-electron chi connectivity index (χ2n) is 3.52. The van der Waals surface area contributed by atoms with Crippen LogP contribution >= 0.6 is 0 Å². The summed E-state index contributed by atoms with van der Waals surface area (Å²) in [7, 11) is 1.40. The van der Waals surface area contributed by atoms with Gasteiger partial charge in [0.2, 0.25) is 0 Å². The fourth-order valence-corrected chi connectivity index (χ4v) is 0.590. The Hall–Kier alpha value is -1.06. The van der Waals surface area contributed by atoms with Crippen LogP contribution in [0.25, 0.3) is 0 Å². The van der Waals surface area contributed by atoms with Crippen molar-refractivity contribution in [1.29, 1.82) is 0 Å². The second kappa shape index (κ2) is 11.0. The molecule has 90 valence electrons. The molecule has 0 aromatic rings. The van der Waals surface area contributed by atoms with Crippen LogP contribution in [-0.4, -0.2) is 25.7 Å². The first-order valence-electron chi connectivity index (χ1n) is 5.14. The highest BCUT2D eigenvalue weighted by Crippen LogP contribution is 1.91. The Morgan fingerprint density at radius 3 is 1.93 bits per heavy atom. The number of esters is 2. The average Bonchev–Trinajstić information content (AvgIpc) is 2.16. The number of methoxy groups -OCH3 is 1. The first-order chi connectivity index (χ1) is 6.93. The Bertz CT molecular complexity index is 175. The van der Waals surface area contributed by atoms with Crippen molar-refractivity contribution in [3.05, 3.63) is 0 Å². The minimum Gasteiger partial charge on any atom is -0.469 e. The Balaban J connectivity index is 0. The Morgan fingerprint density at radius 2 is 1.80 bits per heavy atom. The molecule has 4 heteroatoms. The van der Waals surface area contributed by atoms with E-state index in [0.29, 0.717) is 18.9 Å². The lowest BCUT2D eigenvalue weighted by molar-refractivity contribution is -0.142. The minimum atomic E-state index is -0.196. The van der Waals surface area contributed by atoms with Crippen molar-refractivity contribution < 1.29 is 19.1 Å². The zero-order valence-corrected chi connectivity index (χ0v) is 10.3. The predicted molar refractivity (Wildman–Crippen MR) is 58.4 cm³/mol. The van der Waals surface area contributed by atoms with E-state index >= 15 is 0 Å². The van der Waals surface area contributed by atoms with Crippen molar-refractivity contribution in [3.8, 4) is 0 Å². The van der Waals surface area contributed by atoms with Gasteiger partial charge in [-0.3, -0.25) is 9.59 Å². The van der Waals surface area contributed by atoms with Crippen molar-refractivity contribution in [3.63, 3.8) is 0 Å². The van der Waals surface area contributed by atoms with Gasteiger partial charge >= 0.3 is 11.9 Å². The molecule has 0 aromatic heterocycles. The summed E-state index contributed by atoms with van der Waals surface area (Å²) in [5.74, 6) is 0.125. The molecule has 0 bridgehead atoms. The maximum atomic E-state index is 10.2. The molecule has 15 heavy (non-hydrogen) atoms. The van der Waals surface area contributed by atoms with Crippen LogP contribution in [-0.2, 0) is 19.1 Å². The minimum absolute atomic E-state index is 0.123. The van der Waals surface area contributed by atoms with E-state index < -0.39 is 0 Å². The SMILES string of the molecule is CC(=O)OCC(C)C.CCCC(=O)OC. The van der Waals surface area contributed by atoms with Crippen molar-refractivity contribution in [1.82, 2.24) is 0 Å². The van der Waals surface area contributed by atoms with Crippen LogP contribution in [0.2, 0.25) is 0 Å². The van der Waals surface area contributed by atoms with Crippen LogP contribution in [0.4, 0.5) is 0 Å². The topological polar surface area (TPSA) is 52.6 Å². The molecule has 0 spiro atoms. The predicted octanol–water partition coefficient (Wildman–Crippen LogP) is 2.17. The first kappa shape index (κ1) is 16.4. The van der Waals surface area contributed by atoms with E-state index in [1.54, 1.807) is 0 Å². The zero-order valence-electron chi connectivity index (χ0n) is 10.3. The van der Waals surface area contributed by atoms with Crippen molar-refractivity contribution >= 4 is 11.9 Å². The number of hydrogen-bond donors (Lipinski definition) is 0. The van der Waals surface area contributed by atoms with E-state index in [-0.39, 0.29) is 11.9 Å². The van der Waals surface area contributed by atoms with Gasteiger partial charge in [0.05, 0.1) is 13.7 Å². The van der Waals surface area contributed by atoms with E-state index in [0.717, 1.165) is 6.42 Å². The molecule has 0 N–H and O–H groups in total. The van der Waals surface area contributed by atoms with Gasteiger partial charge in [0.1, 0.15) is 0 Å². The standard InChI is InChI=1S/C6H12O2.C5H10O2/c1-5(2)4-8-6(3)7;1-3-4-5(6)7-2/h5H,4H2,1-3H3;3-4H2,1-2H3. The number of rotatable bonds is 4. The monoisotopic (exact) mass is 218 g/mol. The molecule has 0 rings (SSSR count). The summed E-state index contributed by atoms with van der Waals surface area (Å²) in [5.41, 5.74) is 0. The van der Waals surface area contributed by atoms with Gasteiger partial charge in [-0.15, -0.1) is 0 Å². The van der Waals surface area contributed by atoms with Crippen LogP contribution in [0.15, 0.2) is 0 Å². The summed E-state index contributed by atoms with van der Waals surface area (Å²) in [5, 5.41) is 0. The van der Waals surface area contributed by atoms with E-state index in [9.17, 15) is 9.59 Å². The molecule has 0 amide bonds. The maximum absolute atomic E-state index is 10.2. The van der Waals surface area contributed by atoms with Gasteiger partial charge in [-0.25, -0.2) is 0 Å². The van der Waals surface area contributed by atoms with Crippen molar-refractivity contribution in [2.75, 3.05) is 13.7 Å². The molecule has 0 radical (unpaired) electrons. The van der Waals surface area contributed by atoms with E-state index in [2.05, 4.69) is 9.47 Å². The molecule has 0 aliphatic rings. The molecular weight excluding hydrogens is 196 g/mol. The molecule has 4 nitrogen and oxygen atoms in total. The third-order valence-electron chi connectivity index (χ3n) is 1.30. The summed E-state index contributed by atoms with van der Waals surface area (Å²) in [6, 6.07) is 0. The summed E-state index contributed by atoms with van der Waals surface area (Å²) in [6.45, 7) is 7.90. The van der Waals surface area contributed by atoms with E-state index in [1.165, 1.54) is 14.0 Å². The molecule has 0 aromatic carbocycles. The van der Waals surface area contributed by atoms with E-state index in [4.69, 9.17) is 0 Å². The number of carbonyl (C=O) groups is 2. The van der Waals surface area contributed by atoms with E-state index in [1.807, 2.05) is 20.8 Å². The highest BCUT2D eigenvalue weighted by Gasteiger charge is 1.94. The van der Waals surface area contributed by atoms with Crippen LogP contribution < -0.4 is 0 Å². The fraction of sp³-hybridized carbons (Fsp3) is 0.818. The fourth-order valence-electron chi connectivity index (χ4n) is 0.590. The Kier molecular flexibility index (Phi) is 12.0. The Morgan fingerprint density at radius 1 is 1.27 bits per heavy atom. The summed E-state index contributed by atoms with van der Waals surface area (Å²) in [6.07, 6.45) is 1.41. The van der Waals surface area contributed by atoms with Crippen molar-refractivity contribution in [2.24, 2.45) is 5.92 Å². The lowest BCUT2D eigenvalue weighted by Crippen LogP contribution is -2.05. The summed E-state index contributed by atoms with van der Waals surface area (Å²) < 4.78 is 9.02.